The monoisotopic (exact) mass is 186 g/mol. The van der Waals surface area contributed by atoms with Crippen molar-refractivity contribution in [3.8, 4) is 0 Å². The molecule has 2 rings (SSSR count). The maximum Gasteiger partial charge on any atom is 0.110 e. The highest BCUT2D eigenvalue weighted by molar-refractivity contribution is 5.29. The van der Waals surface area contributed by atoms with Gasteiger partial charge in [0.25, 0.3) is 0 Å². The molecule has 1 heterocycles. The molecule has 0 amide bonds. The van der Waals surface area contributed by atoms with Gasteiger partial charge in [-0.2, -0.15) is 0 Å². The molecule has 0 spiro atoms. The summed E-state index contributed by atoms with van der Waals surface area (Å²) >= 11 is 0. The highest BCUT2D eigenvalue weighted by Gasteiger charge is 2.10. The number of hydrogen-bond donors (Lipinski definition) is 0. The Morgan fingerprint density at radius 1 is 1.14 bits per heavy atom. The molecular formula is C13H14O. The fourth-order valence-corrected chi connectivity index (χ4v) is 1.64. The van der Waals surface area contributed by atoms with Gasteiger partial charge in [0.15, 0.2) is 0 Å². The van der Waals surface area contributed by atoms with Gasteiger partial charge in [0.1, 0.15) is 5.76 Å². The third-order valence-corrected chi connectivity index (χ3v) is 2.51. The molecule has 1 aromatic carbocycles. The lowest BCUT2D eigenvalue weighted by atomic mass is 9.97. The first-order valence-electron chi connectivity index (χ1n) is 4.87. The number of aryl methyl sites for hydroxylation is 1. The fraction of sp³-hybridized carbons (Fsp3) is 0.231. The van der Waals surface area contributed by atoms with Crippen molar-refractivity contribution in [3.63, 3.8) is 0 Å². The summed E-state index contributed by atoms with van der Waals surface area (Å²) in [7, 11) is 0. The van der Waals surface area contributed by atoms with E-state index in [4.69, 9.17) is 4.42 Å². The third kappa shape index (κ3) is 1.72. The molecule has 0 fully saturated rings. The Hall–Kier alpha value is -1.50. The maximum absolute atomic E-state index is 5.39. The smallest absolute Gasteiger partial charge is 0.110 e. The van der Waals surface area contributed by atoms with Gasteiger partial charge >= 0.3 is 0 Å². The van der Waals surface area contributed by atoms with Crippen LogP contribution < -0.4 is 0 Å². The number of rotatable bonds is 2. The summed E-state index contributed by atoms with van der Waals surface area (Å²) in [6.45, 7) is 4.27. The summed E-state index contributed by atoms with van der Waals surface area (Å²) in [4.78, 5) is 0. The highest BCUT2D eigenvalue weighted by Crippen LogP contribution is 2.24. The van der Waals surface area contributed by atoms with Crippen molar-refractivity contribution in [2.45, 2.75) is 19.8 Å². The van der Waals surface area contributed by atoms with Crippen LogP contribution in [0.3, 0.4) is 0 Å². The normalized spacial score (nSPS) is 12.7. The zero-order valence-electron chi connectivity index (χ0n) is 8.53. The standard InChI is InChI=1S/C13H14O/c1-10-5-3-6-12(9-10)11(2)13-7-4-8-14-13/h3-9,11H,1-2H3. The molecular weight excluding hydrogens is 172 g/mol. The second-order valence-electron chi connectivity index (χ2n) is 3.65. The van der Waals surface area contributed by atoms with E-state index in [-0.39, 0.29) is 0 Å². The van der Waals surface area contributed by atoms with Gasteiger partial charge in [-0.15, -0.1) is 0 Å². The molecule has 0 aliphatic carbocycles. The van der Waals surface area contributed by atoms with E-state index < -0.39 is 0 Å². The Morgan fingerprint density at radius 3 is 2.64 bits per heavy atom. The van der Waals surface area contributed by atoms with Crippen LogP contribution >= 0.6 is 0 Å². The highest BCUT2D eigenvalue weighted by atomic mass is 16.3. The zero-order valence-corrected chi connectivity index (χ0v) is 8.53. The summed E-state index contributed by atoms with van der Waals surface area (Å²) in [5.74, 6) is 1.36. The SMILES string of the molecule is Cc1cccc(C(C)c2ccco2)c1. The van der Waals surface area contributed by atoms with E-state index in [9.17, 15) is 0 Å². The van der Waals surface area contributed by atoms with E-state index in [1.54, 1.807) is 6.26 Å². The summed E-state index contributed by atoms with van der Waals surface area (Å²) in [6.07, 6.45) is 1.72. The van der Waals surface area contributed by atoms with E-state index in [1.807, 2.05) is 12.1 Å². The van der Waals surface area contributed by atoms with E-state index in [0.717, 1.165) is 5.76 Å². The molecule has 0 saturated carbocycles. The van der Waals surface area contributed by atoms with Gasteiger partial charge in [0, 0.05) is 5.92 Å². The van der Waals surface area contributed by atoms with Gasteiger partial charge in [0.05, 0.1) is 6.26 Å². The molecule has 0 N–H and O–H groups in total. The minimum atomic E-state index is 0.338. The molecule has 0 saturated heterocycles. The lowest BCUT2D eigenvalue weighted by Gasteiger charge is -2.09. The van der Waals surface area contributed by atoms with Crippen LogP contribution in [0.5, 0.6) is 0 Å². The largest absolute Gasteiger partial charge is 0.469 e. The minimum absolute atomic E-state index is 0.338. The van der Waals surface area contributed by atoms with Gasteiger partial charge in [-0.25, -0.2) is 0 Å². The molecule has 1 unspecified atom stereocenters. The lowest BCUT2D eigenvalue weighted by molar-refractivity contribution is 0.496. The van der Waals surface area contributed by atoms with Gasteiger partial charge in [0.2, 0.25) is 0 Å². The van der Waals surface area contributed by atoms with Gasteiger partial charge < -0.3 is 4.42 Å². The molecule has 1 aromatic heterocycles. The maximum atomic E-state index is 5.39. The van der Waals surface area contributed by atoms with Crippen molar-refractivity contribution in [1.82, 2.24) is 0 Å². The molecule has 0 radical (unpaired) electrons. The van der Waals surface area contributed by atoms with E-state index in [2.05, 4.69) is 38.1 Å². The predicted octanol–water partition coefficient (Wildman–Crippen LogP) is 3.74. The number of benzene rings is 1. The first-order valence-corrected chi connectivity index (χ1v) is 4.87. The Kier molecular flexibility index (Phi) is 2.40. The van der Waals surface area contributed by atoms with E-state index >= 15 is 0 Å². The molecule has 0 bridgehead atoms. The van der Waals surface area contributed by atoms with Crippen LogP contribution in [0.2, 0.25) is 0 Å². The molecule has 1 nitrogen and oxygen atoms in total. The third-order valence-electron chi connectivity index (χ3n) is 2.51. The van der Waals surface area contributed by atoms with Crippen molar-refractivity contribution in [3.05, 3.63) is 59.5 Å². The molecule has 0 aliphatic heterocycles. The predicted molar refractivity (Wildman–Crippen MR) is 57.4 cm³/mol. The molecule has 2 aromatic rings. The first-order chi connectivity index (χ1) is 6.77. The molecule has 14 heavy (non-hydrogen) atoms. The number of furan rings is 1. The van der Waals surface area contributed by atoms with Crippen molar-refractivity contribution < 1.29 is 4.42 Å². The summed E-state index contributed by atoms with van der Waals surface area (Å²) in [5, 5.41) is 0. The average Bonchev–Trinajstić information content (AvgIpc) is 2.69. The van der Waals surface area contributed by atoms with E-state index in [0.29, 0.717) is 5.92 Å². The van der Waals surface area contributed by atoms with Crippen LogP contribution in [0.4, 0.5) is 0 Å². The van der Waals surface area contributed by atoms with Crippen LogP contribution in [-0.4, -0.2) is 0 Å². The Morgan fingerprint density at radius 2 is 2.00 bits per heavy atom. The van der Waals surface area contributed by atoms with Crippen LogP contribution in [0.1, 0.15) is 29.7 Å². The Balaban J connectivity index is 2.32. The summed E-state index contributed by atoms with van der Waals surface area (Å²) < 4.78 is 5.39. The second-order valence-corrected chi connectivity index (χ2v) is 3.65. The molecule has 72 valence electrons. The topological polar surface area (TPSA) is 13.1 Å². The minimum Gasteiger partial charge on any atom is -0.469 e. The van der Waals surface area contributed by atoms with Crippen molar-refractivity contribution >= 4 is 0 Å². The van der Waals surface area contributed by atoms with Crippen LogP contribution in [0.25, 0.3) is 0 Å². The molecule has 1 atom stereocenters. The summed E-state index contributed by atoms with van der Waals surface area (Å²) in [5.41, 5.74) is 2.60. The molecule has 1 heteroatoms. The van der Waals surface area contributed by atoms with Crippen LogP contribution in [-0.2, 0) is 0 Å². The van der Waals surface area contributed by atoms with Crippen molar-refractivity contribution in [2.24, 2.45) is 0 Å². The van der Waals surface area contributed by atoms with Crippen LogP contribution in [0, 0.1) is 6.92 Å². The molecule has 0 aliphatic rings. The second kappa shape index (κ2) is 3.70. The number of hydrogen-bond acceptors (Lipinski definition) is 1. The Bertz CT molecular complexity index is 401. The lowest BCUT2D eigenvalue weighted by Crippen LogP contribution is -1.93. The fourth-order valence-electron chi connectivity index (χ4n) is 1.64. The van der Waals surface area contributed by atoms with Gasteiger partial charge in [-0.3, -0.25) is 0 Å². The van der Waals surface area contributed by atoms with Crippen molar-refractivity contribution in [1.29, 1.82) is 0 Å². The average molecular weight is 186 g/mol. The quantitative estimate of drug-likeness (QED) is 0.696. The Labute approximate surface area is 84.4 Å². The zero-order chi connectivity index (χ0) is 9.97. The van der Waals surface area contributed by atoms with Gasteiger partial charge in [-0.1, -0.05) is 36.8 Å². The van der Waals surface area contributed by atoms with Gasteiger partial charge in [-0.05, 0) is 24.6 Å². The summed E-state index contributed by atoms with van der Waals surface area (Å²) in [6, 6.07) is 12.5. The van der Waals surface area contributed by atoms with E-state index in [1.165, 1.54) is 11.1 Å². The first kappa shape index (κ1) is 9.07. The van der Waals surface area contributed by atoms with Crippen LogP contribution in [0.15, 0.2) is 47.1 Å². The van der Waals surface area contributed by atoms with Crippen molar-refractivity contribution in [2.75, 3.05) is 0 Å².